The summed E-state index contributed by atoms with van der Waals surface area (Å²) in [7, 11) is 0. The molecule has 0 nitrogen and oxygen atoms in total. The third kappa shape index (κ3) is 15.1. The molecule has 1 heteroatoms. The van der Waals surface area contributed by atoms with Gasteiger partial charge in [0.25, 0.3) is 0 Å². The van der Waals surface area contributed by atoms with Crippen molar-refractivity contribution in [3.63, 3.8) is 0 Å². The summed E-state index contributed by atoms with van der Waals surface area (Å²) in [6.07, 6.45) is 29.5. The Morgan fingerprint density at radius 2 is 0.680 bits per heavy atom. The first-order chi connectivity index (χ1) is 12.4. The van der Waals surface area contributed by atoms with Crippen molar-refractivity contribution in [2.75, 3.05) is 0 Å². The molecule has 1 aliphatic heterocycles. The highest BCUT2D eigenvalue weighted by Gasteiger charge is 2.36. The van der Waals surface area contributed by atoms with Gasteiger partial charge in [-0.3, -0.25) is 0 Å². The fourth-order valence-corrected chi connectivity index (χ4v) is 5.24. The van der Waals surface area contributed by atoms with E-state index >= 15 is 0 Å². The van der Waals surface area contributed by atoms with Gasteiger partial charge in [0.05, 0.1) is 0 Å². The molecular weight excluding hydrogens is 320 g/mol. The molecule has 0 aromatic heterocycles. The third-order valence-corrected chi connectivity index (χ3v) is 7.39. The Morgan fingerprint density at radius 3 is 1.00 bits per heavy atom. The molecule has 0 saturated carbocycles. The third-order valence-electron chi connectivity index (χ3n) is 5.87. The molecule has 2 atom stereocenters. The molecule has 25 heavy (non-hydrogen) atoms. The normalized spacial score (nSPS) is 19.4. The van der Waals surface area contributed by atoms with Gasteiger partial charge in [-0.05, 0) is 12.8 Å². The maximum atomic E-state index is 2.30. The van der Waals surface area contributed by atoms with Gasteiger partial charge in [-0.25, -0.2) is 0 Å². The van der Waals surface area contributed by atoms with Crippen LogP contribution in [0.25, 0.3) is 0 Å². The van der Waals surface area contributed by atoms with Gasteiger partial charge in [-0.2, -0.15) is 11.8 Å². The van der Waals surface area contributed by atoms with E-state index in [-0.39, 0.29) is 0 Å². The summed E-state index contributed by atoms with van der Waals surface area (Å²) < 4.78 is 0. The second-order valence-electron chi connectivity index (χ2n) is 8.45. The van der Waals surface area contributed by atoms with Crippen molar-refractivity contribution in [2.45, 2.75) is 153 Å². The maximum absolute atomic E-state index is 2.30. The van der Waals surface area contributed by atoms with E-state index in [0.29, 0.717) is 0 Å². The van der Waals surface area contributed by atoms with Crippen LogP contribution in [0.2, 0.25) is 0 Å². The van der Waals surface area contributed by atoms with Crippen molar-refractivity contribution in [2.24, 2.45) is 0 Å². The predicted octanol–water partition coefficient (Wildman–Crippen LogP) is 9.31. The zero-order valence-electron chi connectivity index (χ0n) is 17.7. The SMILES string of the molecule is CCCCCCCCCCC[C@H]1S[C@@H]1CCCCCCCCCCC. The highest BCUT2D eigenvalue weighted by molar-refractivity contribution is 8.07. The number of thioether (sulfide) groups is 1. The monoisotopic (exact) mass is 368 g/mol. The molecule has 1 saturated heterocycles. The van der Waals surface area contributed by atoms with Crippen molar-refractivity contribution >= 4 is 11.8 Å². The molecule has 0 aliphatic carbocycles. The molecule has 0 amide bonds. The zero-order chi connectivity index (χ0) is 18.0. The zero-order valence-corrected chi connectivity index (χ0v) is 18.5. The van der Waals surface area contributed by atoms with E-state index in [1.165, 1.54) is 128 Å². The van der Waals surface area contributed by atoms with E-state index in [1.54, 1.807) is 0 Å². The summed E-state index contributed by atoms with van der Waals surface area (Å²) in [5, 5.41) is 2.11. The average molecular weight is 369 g/mol. The molecule has 0 unspecified atom stereocenters. The summed E-state index contributed by atoms with van der Waals surface area (Å²) in [6.45, 7) is 4.61. The van der Waals surface area contributed by atoms with Crippen molar-refractivity contribution < 1.29 is 0 Å². The Hall–Kier alpha value is 0.350. The Labute approximate surface area is 164 Å². The van der Waals surface area contributed by atoms with Gasteiger partial charge in [-0.1, -0.05) is 129 Å². The van der Waals surface area contributed by atoms with E-state index in [9.17, 15) is 0 Å². The summed E-state index contributed by atoms with van der Waals surface area (Å²) in [5.41, 5.74) is 0. The molecule has 1 heterocycles. The second-order valence-corrected chi connectivity index (χ2v) is 9.93. The Balaban J connectivity index is 1.71. The van der Waals surface area contributed by atoms with Gasteiger partial charge in [0, 0.05) is 10.5 Å². The molecule has 0 bridgehead atoms. The molecule has 1 rings (SSSR count). The van der Waals surface area contributed by atoms with E-state index in [4.69, 9.17) is 0 Å². The van der Waals surface area contributed by atoms with Gasteiger partial charge >= 0.3 is 0 Å². The van der Waals surface area contributed by atoms with Crippen molar-refractivity contribution in [3.05, 3.63) is 0 Å². The lowest BCUT2D eigenvalue weighted by molar-refractivity contribution is 0.543. The van der Waals surface area contributed by atoms with Crippen LogP contribution in [-0.2, 0) is 0 Å². The molecule has 1 fully saturated rings. The number of hydrogen-bond donors (Lipinski definition) is 0. The van der Waals surface area contributed by atoms with Crippen LogP contribution in [-0.4, -0.2) is 10.5 Å². The fourth-order valence-electron chi connectivity index (χ4n) is 4.00. The summed E-state index contributed by atoms with van der Waals surface area (Å²) in [6, 6.07) is 0. The molecule has 0 aromatic carbocycles. The van der Waals surface area contributed by atoms with Gasteiger partial charge in [0.1, 0.15) is 0 Å². The first-order valence-electron chi connectivity index (χ1n) is 12.0. The van der Waals surface area contributed by atoms with Crippen LogP contribution in [0.3, 0.4) is 0 Å². The minimum atomic E-state index is 1.05. The van der Waals surface area contributed by atoms with Crippen molar-refractivity contribution in [1.29, 1.82) is 0 Å². The molecule has 1 aliphatic rings. The summed E-state index contributed by atoms with van der Waals surface area (Å²) in [4.78, 5) is 0. The van der Waals surface area contributed by atoms with E-state index in [2.05, 4.69) is 25.6 Å². The molecule has 0 aromatic rings. The summed E-state index contributed by atoms with van der Waals surface area (Å²) >= 11 is 2.29. The lowest BCUT2D eigenvalue weighted by Gasteiger charge is -2.03. The van der Waals surface area contributed by atoms with Gasteiger partial charge in [0.15, 0.2) is 0 Å². The Morgan fingerprint density at radius 1 is 0.400 bits per heavy atom. The van der Waals surface area contributed by atoms with Crippen LogP contribution in [0.4, 0.5) is 0 Å². The molecule has 150 valence electrons. The lowest BCUT2D eigenvalue weighted by Crippen LogP contribution is -1.95. The van der Waals surface area contributed by atoms with Crippen molar-refractivity contribution in [3.8, 4) is 0 Å². The van der Waals surface area contributed by atoms with E-state index in [0.717, 1.165) is 10.5 Å². The topological polar surface area (TPSA) is 0 Å². The first kappa shape index (κ1) is 23.4. The van der Waals surface area contributed by atoms with Crippen LogP contribution in [0.1, 0.15) is 142 Å². The predicted molar refractivity (Wildman–Crippen MR) is 119 cm³/mol. The smallest absolute Gasteiger partial charge is 0.0169 e. The number of hydrogen-bond acceptors (Lipinski definition) is 1. The van der Waals surface area contributed by atoms with Gasteiger partial charge < -0.3 is 0 Å². The highest BCUT2D eigenvalue weighted by Crippen LogP contribution is 2.47. The summed E-state index contributed by atoms with van der Waals surface area (Å²) in [5.74, 6) is 0. The van der Waals surface area contributed by atoms with Crippen LogP contribution >= 0.6 is 11.8 Å². The van der Waals surface area contributed by atoms with Gasteiger partial charge in [-0.15, -0.1) is 0 Å². The van der Waals surface area contributed by atoms with Crippen LogP contribution in [0.5, 0.6) is 0 Å². The minimum Gasteiger partial charge on any atom is -0.153 e. The van der Waals surface area contributed by atoms with Crippen molar-refractivity contribution in [1.82, 2.24) is 0 Å². The molecule has 0 radical (unpaired) electrons. The largest absolute Gasteiger partial charge is 0.153 e. The minimum absolute atomic E-state index is 1.05. The Kier molecular flexibility index (Phi) is 16.6. The van der Waals surface area contributed by atoms with Crippen LogP contribution in [0, 0.1) is 0 Å². The van der Waals surface area contributed by atoms with Gasteiger partial charge in [0.2, 0.25) is 0 Å². The number of rotatable bonds is 20. The molecular formula is C24H48S. The fraction of sp³-hybridized carbons (Fsp3) is 1.00. The average Bonchev–Trinajstić information content (AvgIpc) is 3.37. The van der Waals surface area contributed by atoms with E-state index in [1.807, 2.05) is 0 Å². The molecule has 0 spiro atoms. The van der Waals surface area contributed by atoms with Crippen LogP contribution in [0.15, 0.2) is 0 Å². The lowest BCUT2D eigenvalue weighted by atomic mass is 10.0. The molecule has 0 N–H and O–H groups in total. The Bertz CT molecular complexity index is 237. The standard InChI is InChI=1S/C24H48S/c1-3-5-7-9-11-13-15-17-19-21-23-24(25-23)22-20-18-16-14-12-10-8-6-4-2/h23-24H,3-22H2,1-2H3/t23-,24-/m1/s1. The number of unbranched alkanes of at least 4 members (excludes halogenated alkanes) is 16. The first-order valence-corrected chi connectivity index (χ1v) is 13.0. The second kappa shape index (κ2) is 17.7. The van der Waals surface area contributed by atoms with Crippen LogP contribution < -0.4 is 0 Å². The quantitative estimate of drug-likeness (QED) is 0.152. The maximum Gasteiger partial charge on any atom is 0.0169 e. The highest BCUT2D eigenvalue weighted by atomic mass is 32.2. The van der Waals surface area contributed by atoms with E-state index < -0.39 is 0 Å².